The van der Waals surface area contributed by atoms with Gasteiger partial charge in [-0.05, 0) is 6.42 Å². The van der Waals surface area contributed by atoms with Crippen molar-refractivity contribution in [1.29, 1.82) is 0 Å². The molecule has 1 atom stereocenters. The van der Waals surface area contributed by atoms with E-state index in [2.05, 4.69) is 33.1 Å². The second kappa shape index (κ2) is 7.66. The molecule has 0 aliphatic rings. The zero-order valence-corrected chi connectivity index (χ0v) is 10.6. The van der Waals surface area contributed by atoms with Gasteiger partial charge in [0.2, 0.25) is 5.91 Å². The molecule has 0 saturated carbocycles. The van der Waals surface area contributed by atoms with Crippen LogP contribution in [0.2, 0.25) is 0 Å². The van der Waals surface area contributed by atoms with Gasteiger partial charge >= 0.3 is 12.0 Å². The van der Waals surface area contributed by atoms with Crippen molar-refractivity contribution in [2.45, 2.75) is 18.9 Å². The van der Waals surface area contributed by atoms with Gasteiger partial charge in [0, 0.05) is 10.9 Å². The third-order valence-corrected chi connectivity index (χ3v) is 2.00. The Morgan fingerprint density at radius 1 is 1.41 bits per heavy atom. The normalized spacial score (nSPS) is 11.4. The second-order valence-corrected chi connectivity index (χ2v) is 4.36. The number of halogens is 1. The van der Waals surface area contributed by atoms with Crippen molar-refractivity contribution in [2.24, 2.45) is 5.73 Å². The lowest BCUT2D eigenvalue weighted by Crippen LogP contribution is -2.46. The fourth-order valence-corrected chi connectivity index (χ4v) is 1.07. The van der Waals surface area contributed by atoms with Gasteiger partial charge in [0.05, 0.1) is 6.54 Å². The zero-order valence-electron chi connectivity index (χ0n) is 9.03. The number of carboxylic acids is 1. The summed E-state index contributed by atoms with van der Waals surface area (Å²) in [6.45, 7) is 3.67. The highest BCUT2D eigenvalue weighted by atomic mass is 79.9. The van der Waals surface area contributed by atoms with Crippen molar-refractivity contribution >= 4 is 33.8 Å². The molecular formula is C9H14BrN3O4. The van der Waals surface area contributed by atoms with Crippen molar-refractivity contribution in [2.75, 3.05) is 6.54 Å². The molecule has 0 bridgehead atoms. The molecule has 17 heavy (non-hydrogen) atoms. The summed E-state index contributed by atoms with van der Waals surface area (Å²) in [4.78, 5) is 32.5. The van der Waals surface area contributed by atoms with Crippen LogP contribution in [-0.2, 0) is 9.59 Å². The Labute approximate surface area is 107 Å². The molecule has 0 aromatic rings. The van der Waals surface area contributed by atoms with Crippen LogP contribution in [0, 0.1) is 0 Å². The number of hydrogen-bond donors (Lipinski definition) is 4. The summed E-state index contributed by atoms with van der Waals surface area (Å²) in [6, 6.07) is -1.80. The van der Waals surface area contributed by atoms with Gasteiger partial charge in [-0.25, -0.2) is 9.59 Å². The summed E-state index contributed by atoms with van der Waals surface area (Å²) in [5.41, 5.74) is 4.89. The summed E-state index contributed by atoms with van der Waals surface area (Å²) in [5, 5.41) is 13.4. The average molecular weight is 308 g/mol. The highest BCUT2D eigenvalue weighted by molar-refractivity contribution is 9.11. The summed E-state index contributed by atoms with van der Waals surface area (Å²) in [6.07, 6.45) is -0.157. The Balaban J connectivity index is 4.15. The molecule has 96 valence electrons. The van der Waals surface area contributed by atoms with E-state index >= 15 is 0 Å². The number of carbonyl (C=O) groups is 3. The van der Waals surface area contributed by atoms with E-state index in [1.807, 2.05) is 0 Å². The van der Waals surface area contributed by atoms with Crippen LogP contribution in [-0.4, -0.2) is 35.6 Å². The minimum absolute atomic E-state index is 0.0483. The first-order chi connectivity index (χ1) is 7.82. The quantitative estimate of drug-likeness (QED) is 0.525. The molecule has 0 aliphatic carbocycles. The molecule has 0 saturated heterocycles. The van der Waals surface area contributed by atoms with Crippen molar-refractivity contribution in [3.8, 4) is 0 Å². The molecule has 0 aromatic heterocycles. The Hall–Kier alpha value is -1.57. The first kappa shape index (κ1) is 15.4. The zero-order chi connectivity index (χ0) is 13.4. The van der Waals surface area contributed by atoms with E-state index in [0.717, 1.165) is 0 Å². The van der Waals surface area contributed by atoms with Gasteiger partial charge in [-0.3, -0.25) is 4.79 Å². The maximum absolute atomic E-state index is 11.2. The number of aliphatic carboxylic acids is 1. The van der Waals surface area contributed by atoms with Gasteiger partial charge in [-0.15, -0.1) is 0 Å². The standard InChI is InChI=1S/C9H14BrN3O4/c1-5(10)4-12-9(17)13-6(8(15)16)2-3-7(11)14/h6H,1-4H2,(H2,11,14)(H,15,16)(H2,12,13,17)/t6-/m1/s1. The summed E-state index contributed by atoms with van der Waals surface area (Å²) in [7, 11) is 0. The van der Waals surface area contributed by atoms with Gasteiger partial charge in [0.1, 0.15) is 6.04 Å². The number of hydrogen-bond acceptors (Lipinski definition) is 3. The maximum atomic E-state index is 11.2. The summed E-state index contributed by atoms with van der Waals surface area (Å²) in [5.74, 6) is -1.84. The number of urea groups is 1. The Bertz CT molecular complexity index is 332. The second-order valence-electron chi connectivity index (χ2n) is 3.24. The van der Waals surface area contributed by atoms with Gasteiger partial charge in [0.25, 0.3) is 0 Å². The topological polar surface area (TPSA) is 122 Å². The Morgan fingerprint density at radius 3 is 2.41 bits per heavy atom. The number of carbonyl (C=O) groups excluding carboxylic acids is 2. The van der Waals surface area contributed by atoms with Crippen molar-refractivity contribution < 1.29 is 19.5 Å². The predicted molar refractivity (Wildman–Crippen MR) is 64.5 cm³/mol. The monoisotopic (exact) mass is 307 g/mol. The predicted octanol–water partition coefficient (Wildman–Crippen LogP) is -0.0871. The van der Waals surface area contributed by atoms with E-state index in [1.54, 1.807) is 0 Å². The molecule has 0 unspecified atom stereocenters. The van der Waals surface area contributed by atoms with E-state index in [1.165, 1.54) is 0 Å². The molecule has 0 aromatic carbocycles. The molecule has 3 amide bonds. The van der Waals surface area contributed by atoms with E-state index in [0.29, 0.717) is 4.48 Å². The number of primary amides is 1. The smallest absolute Gasteiger partial charge is 0.326 e. The molecule has 0 rings (SSSR count). The lowest BCUT2D eigenvalue weighted by Gasteiger charge is -2.14. The van der Waals surface area contributed by atoms with Crippen LogP contribution < -0.4 is 16.4 Å². The molecule has 0 fully saturated rings. The fraction of sp³-hybridized carbons (Fsp3) is 0.444. The van der Waals surface area contributed by atoms with Gasteiger partial charge in [-0.2, -0.15) is 0 Å². The number of carboxylic acid groups (broad SMARTS) is 1. The van der Waals surface area contributed by atoms with E-state index < -0.39 is 23.9 Å². The molecule has 0 aliphatic heterocycles. The van der Waals surface area contributed by atoms with Crippen LogP contribution >= 0.6 is 15.9 Å². The SMILES string of the molecule is C=C(Br)CNC(=O)N[C@H](CCC(N)=O)C(=O)O. The Kier molecular flexibility index (Phi) is 6.95. The molecular weight excluding hydrogens is 294 g/mol. The lowest BCUT2D eigenvalue weighted by atomic mass is 10.1. The van der Waals surface area contributed by atoms with E-state index in [-0.39, 0.29) is 19.4 Å². The minimum Gasteiger partial charge on any atom is -0.480 e. The third-order valence-electron chi connectivity index (χ3n) is 1.72. The Morgan fingerprint density at radius 2 is 2.00 bits per heavy atom. The highest BCUT2D eigenvalue weighted by Gasteiger charge is 2.20. The molecule has 7 nitrogen and oxygen atoms in total. The van der Waals surface area contributed by atoms with Gasteiger partial charge in [-0.1, -0.05) is 22.5 Å². The first-order valence-electron chi connectivity index (χ1n) is 4.71. The van der Waals surface area contributed by atoms with Crippen LogP contribution in [0.5, 0.6) is 0 Å². The van der Waals surface area contributed by atoms with Crippen LogP contribution in [0.1, 0.15) is 12.8 Å². The van der Waals surface area contributed by atoms with Gasteiger partial charge in [0.15, 0.2) is 0 Å². The minimum atomic E-state index is -1.22. The van der Waals surface area contributed by atoms with Crippen LogP contribution in [0.15, 0.2) is 11.1 Å². The highest BCUT2D eigenvalue weighted by Crippen LogP contribution is 1.99. The fourth-order valence-electron chi connectivity index (χ4n) is 0.929. The van der Waals surface area contributed by atoms with Gasteiger partial charge < -0.3 is 21.5 Å². The summed E-state index contributed by atoms with van der Waals surface area (Å²) < 4.78 is 0.552. The number of amides is 3. The van der Waals surface area contributed by atoms with Crippen LogP contribution in [0.25, 0.3) is 0 Å². The van der Waals surface area contributed by atoms with Crippen LogP contribution in [0.4, 0.5) is 4.79 Å². The number of rotatable bonds is 7. The number of nitrogens with one attached hydrogen (secondary N) is 2. The third kappa shape index (κ3) is 8.26. The molecule has 0 heterocycles. The first-order valence-corrected chi connectivity index (χ1v) is 5.51. The van der Waals surface area contributed by atoms with E-state index in [9.17, 15) is 14.4 Å². The average Bonchev–Trinajstić information content (AvgIpc) is 2.20. The van der Waals surface area contributed by atoms with Crippen LogP contribution in [0.3, 0.4) is 0 Å². The van der Waals surface area contributed by atoms with Crippen molar-refractivity contribution in [3.63, 3.8) is 0 Å². The maximum Gasteiger partial charge on any atom is 0.326 e. The summed E-state index contributed by atoms with van der Waals surface area (Å²) >= 11 is 3.03. The molecule has 8 heteroatoms. The molecule has 0 spiro atoms. The largest absolute Gasteiger partial charge is 0.480 e. The van der Waals surface area contributed by atoms with E-state index in [4.69, 9.17) is 10.8 Å². The molecule has 5 N–H and O–H groups in total. The van der Waals surface area contributed by atoms with Crippen molar-refractivity contribution in [1.82, 2.24) is 10.6 Å². The lowest BCUT2D eigenvalue weighted by molar-refractivity contribution is -0.139. The van der Waals surface area contributed by atoms with Crippen molar-refractivity contribution in [3.05, 3.63) is 11.1 Å². The molecule has 0 radical (unpaired) electrons. The number of nitrogens with two attached hydrogens (primary N) is 1.